The Bertz CT molecular complexity index is 949. The lowest BCUT2D eigenvalue weighted by Crippen LogP contribution is -2.48. The highest BCUT2D eigenvalue weighted by Gasteiger charge is 2.36. The maximum Gasteiger partial charge on any atom is 0.275 e. The second-order valence-electron chi connectivity index (χ2n) is 8.74. The van der Waals surface area contributed by atoms with E-state index in [4.69, 9.17) is 4.74 Å². The minimum atomic E-state index is -0.288. The molecule has 2 aromatic carbocycles. The van der Waals surface area contributed by atoms with Crippen molar-refractivity contribution < 1.29 is 9.53 Å². The monoisotopic (exact) mass is 407 g/mol. The summed E-state index contributed by atoms with van der Waals surface area (Å²) in [7, 11) is 1.55. The Morgan fingerprint density at radius 1 is 1.33 bits per heavy atom. The van der Waals surface area contributed by atoms with Gasteiger partial charge in [-0.15, -0.1) is 0 Å². The number of ether oxygens (including phenoxy) is 1. The van der Waals surface area contributed by atoms with E-state index in [1.165, 1.54) is 11.3 Å². The number of nitrogens with zero attached hydrogens (tertiary/aromatic N) is 2. The first-order valence-electron chi connectivity index (χ1n) is 10.7. The van der Waals surface area contributed by atoms with Crippen molar-refractivity contribution in [2.24, 2.45) is 5.10 Å². The van der Waals surface area contributed by atoms with E-state index in [2.05, 4.69) is 62.2 Å². The number of rotatable bonds is 6. The third kappa shape index (κ3) is 4.35. The Kier molecular flexibility index (Phi) is 6.49. The zero-order chi connectivity index (χ0) is 21.9. The number of methoxy groups -OCH3 is 1. The van der Waals surface area contributed by atoms with Gasteiger partial charge in [0, 0.05) is 17.8 Å². The van der Waals surface area contributed by atoms with Crippen molar-refractivity contribution in [3.05, 3.63) is 58.7 Å². The number of amides is 1. The average molecular weight is 408 g/mol. The van der Waals surface area contributed by atoms with Crippen LogP contribution in [0.3, 0.4) is 0 Å². The van der Waals surface area contributed by atoms with E-state index in [0.717, 1.165) is 30.5 Å². The second-order valence-corrected chi connectivity index (χ2v) is 8.74. The zero-order valence-corrected chi connectivity index (χ0v) is 19.0. The molecule has 3 rings (SSSR count). The summed E-state index contributed by atoms with van der Waals surface area (Å²) >= 11 is 0. The van der Waals surface area contributed by atoms with Crippen LogP contribution in [-0.4, -0.2) is 31.3 Å². The number of fused-ring (bicyclic) bond motifs is 1. The van der Waals surface area contributed by atoms with Gasteiger partial charge in [0.1, 0.15) is 5.75 Å². The highest BCUT2D eigenvalue weighted by molar-refractivity contribution is 5.97. The largest absolute Gasteiger partial charge is 0.496 e. The Hall–Kier alpha value is -2.82. The van der Waals surface area contributed by atoms with Crippen molar-refractivity contribution >= 4 is 17.8 Å². The van der Waals surface area contributed by atoms with Crippen molar-refractivity contribution in [3.8, 4) is 5.75 Å². The Morgan fingerprint density at radius 3 is 2.77 bits per heavy atom. The van der Waals surface area contributed by atoms with Gasteiger partial charge in [-0.05, 0) is 80.5 Å². The van der Waals surface area contributed by atoms with Crippen LogP contribution < -0.4 is 15.1 Å². The molecule has 0 saturated heterocycles. The minimum Gasteiger partial charge on any atom is -0.496 e. The van der Waals surface area contributed by atoms with E-state index in [1.54, 1.807) is 31.5 Å². The smallest absolute Gasteiger partial charge is 0.275 e. The summed E-state index contributed by atoms with van der Waals surface area (Å²) in [6, 6.07) is 11.6. The molecule has 0 radical (unpaired) electrons. The van der Waals surface area contributed by atoms with Gasteiger partial charge in [0.15, 0.2) is 0 Å². The van der Waals surface area contributed by atoms with Crippen LogP contribution in [0.15, 0.2) is 41.5 Å². The number of hydrogen-bond acceptors (Lipinski definition) is 4. The highest BCUT2D eigenvalue weighted by atomic mass is 16.5. The molecule has 1 N–H and O–H groups in total. The molecule has 30 heavy (non-hydrogen) atoms. The number of para-hydroxylation sites is 1. The summed E-state index contributed by atoms with van der Waals surface area (Å²) in [5.41, 5.74) is 8.09. The van der Waals surface area contributed by atoms with Gasteiger partial charge >= 0.3 is 0 Å². The number of nitrogens with one attached hydrogen (secondary N) is 1. The van der Waals surface area contributed by atoms with Crippen molar-refractivity contribution in [2.45, 2.75) is 58.9 Å². The molecular weight excluding hydrogens is 374 g/mol. The molecule has 0 aliphatic carbocycles. The fraction of sp³-hybridized carbons (Fsp3) is 0.440. The van der Waals surface area contributed by atoms with Gasteiger partial charge in [-0.1, -0.05) is 26.0 Å². The molecule has 5 heteroatoms. The van der Waals surface area contributed by atoms with E-state index in [9.17, 15) is 4.79 Å². The van der Waals surface area contributed by atoms with E-state index in [-0.39, 0.29) is 11.4 Å². The van der Waals surface area contributed by atoms with Gasteiger partial charge in [0.05, 0.1) is 18.9 Å². The predicted molar refractivity (Wildman–Crippen MR) is 124 cm³/mol. The van der Waals surface area contributed by atoms with Crippen molar-refractivity contribution in [1.82, 2.24) is 5.43 Å². The topological polar surface area (TPSA) is 53.9 Å². The number of hydrogen-bond donors (Lipinski definition) is 1. The lowest BCUT2D eigenvalue weighted by molar-refractivity contribution is 0.0952. The first kappa shape index (κ1) is 21.9. The first-order chi connectivity index (χ1) is 14.3. The predicted octanol–water partition coefficient (Wildman–Crippen LogP) is 5.27. The maximum atomic E-state index is 12.5. The Balaban J connectivity index is 1.84. The van der Waals surface area contributed by atoms with Crippen LogP contribution in [0.5, 0.6) is 5.75 Å². The fourth-order valence-electron chi connectivity index (χ4n) is 4.49. The number of carbonyl (C=O) groups excluding carboxylic acids is 1. The van der Waals surface area contributed by atoms with Crippen LogP contribution in [0.4, 0.5) is 5.69 Å². The SMILES string of the molecule is CCCN1c2cc(C)c(/C=N\NC(=O)c3ccccc3OC)cc2C(C)CC1(C)C. The molecule has 0 spiro atoms. The van der Waals surface area contributed by atoms with Gasteiger partial charge in [-0.25, -0.2) is 5.43 Å². The molecule has 1 aliphatic rings. The van der Waals surface area contributed by atoms with Gasteiger partial charge in [0.25, 0.3) is 5.91 Å². The normalized spacial score (nSPS) is 17.7. The van der Waals surface area contributed by atoms with Crippen LogP contribution >= 0.6 is 0 Å². The lowest BCUT2D eigenvalue weighted by Gasteiger charge is -2.48. The van der Waals surface area contributed by atoms with E-state index in [0.29, 0.717) is 17.2 Å². The third-order valence-electron chi connectivity index (χ3n) is 5.94. The maximum absolute atomic E-state index is 12.5. The molecule has 1 aliphatic heterocycles. The molecule has 1 atom stereocenters. The summed E-state index contributed by atoms with van der Waals surface area (Å²) in [6.45, 7) is 12.3. The van der Waals surface area contributed by atoms with Crippen LogP contribution in [0.2, 0.25) is 0 Å². The van der Waals surface area contributed by atoms with E-state index >= 15 is 0 Å². The molecule has 1 amide bonds. The van der Waals surface area contributed by atoms with Crippen molar-refractivity contribution in [1.29, 1.82) is 0 Å². The number of benzene rings is 2. The van der Waals surface area contributed by atoms with E-state index < -0.39 is 0 Å². The minimum absolute atomic E-state index is 0.146. The summed E-state index contributed by atoms with van der Waals surface area (Å²) in [4.78, 5) is 15.0. The summed E-state index contributed by atoms with van der Waals surface area (Å²) in [5.74, 6) is 0.713. The molecule has 160 valence electrons. The Morgan fingerprint density at radius 2 is 2.07 bits per heavy atom. The van der Waals surface area contributed by atoms with Gasteiger partial charge < -0.3 is 9.64 Å². The zero-order valence-electron chi connectivity index (χ0n) is 19.0. The summed E-state index contributed by atoms with van der Waals surface area (Å²) in [6.07, 6.45) is 3.97. The Labute approximate surface area is 180 Å². The molecule has 1 heterocycles. The molecule has 1 unspecified atom stereocenters. The summed E-state index contributed by atoms with van der Waals surface area (Å²) < 4.78 is 5.25. The molecule has 2 aromatic rings. The van der Waals surface area contributed by atoms with Crippen LogP contribution in [0, 0.1) is 6.92 Å². The molecule has 5 nitrogen and oxygen atoms in total. The lowest BCUT2D eigenvalue weighted by atomic mass is 9.79. The molecule has 0 bridgehead atoms. The fourth-order valence-corrected chi connectivity index (χ4v) is 4.49. The second kappa shape index (κ2) is 8.90. The number of aryl methyl sites for hydroxylation is 1. The third-order valence-corrected chi connectivity index (χ3v) is 5.94. The summed E-state index contributed by atoms with van der Waals surface area (Å²) in [5, 5.41) is 4.22. The number of carbonyl (C=O) groups is 1. The highest BCUT2D eigenvalue weighted by Crippen LogP contribution is 2.44. The molecule has 0 aromatic heterocycles. The number of hydrazone groups is 1. The van der Waals surface area contributed by atoms with Crippen LogP contribution in [0.1, 0.15) is 73.5 Å². The quantitative estimate of drug-likeness (QED) is 0.524. The van der Waals surface area contributed by atoms with Crippen LogP contribution in [0.25, 0.3) is 0 Å². The first-order valence-corrected chi connectivity index (χ1v) is 10.7. The van der Waals surface area contributed by atoms with Gasteiger partial charge in [-0.3, -0.25) is 4.79 Å². The van der Waals surface area contributed by atoms with Crippen molar-refractivity contribution in [3.63, 3.8) is 0 Å². The number of anilines is 1. The van der Waals surface area contributed by atoms with E-state index in [1.807, 2.05) is 6.07 Å². The van der Waals surface area contributed by atoms with Gasteiger partial charge in [-0.2, -0.15) is 5.10 Å². The molecule has 0 fully saturated rings. The standard InChI is InChI=1S/C25H33N3O2/c1-7-12-28-22-13-17(2)19(14-21(22)18(3)15-25(28,4)5)16-26-27-24(29)20-10-8-9-11-23(20)30-6/h8-11,13-14,16,18H,7,12,15H2,1-6H3,(H,27,29)/b26-16-. The molecular formula is C25H33N3O2. The van der Waals surface area contributed by atoms with Crippen LogP contribution in [-0.2, 0) is 0 Å². The van der Waals surface area contributed by atoms with Crippen molar-refractivity contribution in [2.75, 3.05) is 18.6 Å². The average Bonchev–Trinajstić information content (AvgIpc) is 2.71. The van der Waals surface area contributed by atoms with Gasteiger partial charge in [0.2, 0.25) is 0 Å². The molecule has 0 saturated carbocycles.